The number of hydrogen-bond donors (Lipinski definition) is 0. The van der Waals surface area contributed by atoms with Crippen molar-refractivity contribution in [3.8, 4) is 0 Å². The zero-order valence-corrected chi connectivity index (χ0v) is 31.7. The Morgan fingerprint density at radius 3 is 0.947 bits per heavy atom. The second-order valence-corrected chi connectivity index (χ2v) is 12.2. The van der Waals surface area contributed by atoms with Gasteiger partial charge in [-0.3, -0.25) is 0 Å². The van der Waals surface area contributed by atoms with Crippen LogP contribution in [-0.2, 0) is 77.0 Å². The molecule has 0 spiro atoms. The first kappa shape index (κ1) is 44.8. The van der Waals surface area contributed by atoms with Gasteiger partial charge < -0.3 is 38.1 Å². The fourth-order valence-corrected chi connectivity index (χ4v) is 4.90. The number of ether oxygens (including phenoxy) is 7. The summed E-state index contributed by atoms with van der Waals surface area (Å²) in [5, 5.41) is 0. The zero-order valence-electron chi connectivity index (χ0n) is 31.7. The maximum Gasteiger partial charge on any atom is 0.330 e. The number of hydrogen-bond acceptors (Lipinski definition) is 13. The SMILES string of the molecule is C=CC(=O)OCc1ccc(N(c2ccc(COCC(COC(=O)C=C)COC(=O)C=C)cc2)c2ccc(COCC(COC(=O)C=C)COC(=O)C=C)cc2)cc1. The topological polar surface area (TPSA) is 153 Å². The van der Waals surface area contributed by atoms with E-state index in [-0.39, 0.29) is 59.5 Å². The summed E-state index contributed by atoms with van der Waals surface area (Å²) in [6.07, 6.45) is 5.32. The molecule has 3 aromatic rings. The molecule has 57 heavy (non-hydrogen) atoms. The van der Waals surface area contributed by atoms with Gasteiger partial charge in [0.05, 0.1) is 64.7 Å². The van der Waals surface area contributed by atoms with Crippen LogP contribution in [0.2, 0.25) is 0 Å². The lowest BCUT2D eigenvalue weighted by Crippen LogP contribution is -2.24. The van der Waals surface area contributed by atoms with Crippen LogP contribution in [0.4, 0.5) is 17.1 Å². The molecule has 0 fully saturated rings. The maximum atomic E-state index is 11.6. The molecule has 0 atom stereocenters. The van der Waals surface area contributed by atoms with Crippen LogP contribution in [0.5, 0.6) is 0 Å². The summed E-state index contributed by atoms with van der Waals surface area (Å²) in [5.74, 6) is -3.71. The van der Waals surface area contributed by atoms with E-state index in [2.05, 4.69) is 32.9 Å². The third-order valence-electron chi connectivity index (χ3n) is 7.89. The summed E-state index contributed by atoms with van der Waals surface area (Å²) in [5.41, 5.74) is 5.04. The van der Waals surface area contributed by atoms with Gasteiger partial charge in [-0.15, -0.1) is 0 Å². The lowest BCUT2D eigenvalue weighted by molar-refractivity contribution is -0.146. The van der Waals surface area contributed by atoms with E-state index in [0.717, 1.165) is 64.1 Å². The van der Waals surface area contributed by atoms with Crippen LogP contribution < -0.4 is 4.90 Å². The van der Waals surface area contributed by atoms with Gasteiger partial charge in [-0.05, 0) is 53.1 Å². The van der Waals surface area contributed by atoms with Gasteiger partial charge in [0, 0.05) is 47.4 Å². The Kier molecular flexibility index (Phi) is 19.5. The van der Waals surface area contributed by atoms with Gasteiger partial charge >= 0.3 is 29.8 Å². The number of nitrogens with zero attached hydrogens (tertiary/aromatic N) is 1. The van der Waals surface area contributed by atoms with Crippen molar-refractivity contribution in [2.24, 2.45) is 11.8 Å². The molecule has 0 aliphatic heterocycles. The molecule has 13 nitrogen and oxygen atoms in total. The van der Waals surface area contributed by atoms with E-state index in [0.29, 0.717) is 0 Å². The van der Waals surface area contributed by atoms with E-state index in [1.807, 2.05) is 77.7 Å². The fraction of sp³-hybridized carbons (Fsp3) is 0.250. The molecule has 0 amide bonds. The van der Waals surface area contributed by atoms with Gasteiger partial charge in [-0.25, -0.2) is 24.0 Å². The van der Waals surface area contributed by atoms with E-state index >= 15 is 0 Å². The maximum absolute atomic E-state index is 11.6. The Hall–Kier alpha value is -6.57. The number of rotatable bonds is 26. The van der Waals surface area contributed by atoms with Gasteiger partial charge in [0.1, 0.15) is 6.61 Å². The molecule has 0 aliphatic carbocycles. The largest absolute Gasteiger partial charge is 0.462 e. The molecule has 3 rings (SSSR count). The molecule has 0 saturated carbocycles. The van der Waals surface area contributed by atoms with E-state index in [1.165, 1.54) is 0 Å². The standard InChI is InChI=1S/C44H47NO12/c1-6-40(46)53-27-34-15-21-39(22-16-34)45(37-17-11-32(12-18-37)23-51-25-35(28-54-41(47)7-2)29-55-42(48)8-3)38-19-13-33(14-20-38)24-52-26-36(30-56-43(49)9-4)31-57-44(50)10-5/h6-22,35-36H,1-5,23-31H2. The highest BCUT2D eigenvalue weighted by atomic mass is 16.6. The minimum atomic E-state index is -0.594. The number of anilines is 3. The molecule has 0 aromatic heterocycles. The summed E-state index contributed by atoms with van der Waals surface area (Å²) < 4.78 is 37.5. The Morgan fingerprint density at radius 1 is 0.404 bits per heavy atom. The minimum Gasteiger partial charge on any atom is -0.462 e. The van der Waals surface area contributed by atoms with Crippen LogP contribution in [-0.4, -0.2) is 69.5 Å². The summed E-state index contributed by atoms with van der Waals surface area (Å²) in [7, 11) is 0. The fourth-order valence-electron chi connectivity index (χ4n) is 4.90. The van der Waals surface area contributed by atoms with Crippen LogP contribution in [0.25, 0.3) is 0 Å². The smallest absolute Gasteiger partial charge is 0.330 e. The first-order valence-corrected chi connectivity index (χ1v) is 17.8. The van der Waals surface area contributed by atoms with Gasteiger partial charge in [-0.2, -0.15) is 0 Å². The van der Waals surface area contributed by atoms with Crippen molar-refractivity contribution in [2.75, 3.05) is 44.5 Å². The molecule has 0 radical (unpaired) electrons. The number of benzene rings is 3. The van der Waals surface area contributed by atoms with Crippen molar-refractivity contribution >= 4 is 46.9 Å². The van der Waals surface area contributed by atoms with Crippen LogP contribution in [0.15, 0.2) is 136 Å². The minimum absolute atomic E-state index is 0.0233. The van der Waals surface area contributed by atoms with Crippen LogP contribution in [0, 0.1) is 11.8 Å². The molecule has 13 heteroatoms. The molecule has 0 saturated heterocycles. The lowest BCUT2D eigenvalue weighted by atomic mass is 10.1. The number of esters is 5. The molecular formula is C44H47NO12. The lowest BCUT2D eigenvalue weighted by Gasteiger charge is -2.26. The normalized spacial score (nSPS) is 10.5. The van der Waals surface area contributed by atoms with Crippen molar-refractivity contribution in [1.82, 2.24) is 0 Å². The van der Waals surface area contributed by atoms with Crippen molar-refractivity contribution < 1.29 is 57.1 Å². The quantitative estimate of drug-likeness (QED) is 0.0491. The molecule has 0 heterocycles. The van der Waals surface area contributed by atoms with Crippen molar-refractivity contribution in [3.05, 3.63) is 153 Å². The van der Waals surface area contributed by atoms with Gasteiger partial charge in [0.2, 0.25) is 0 Å². The third-order valence-corrected chi connectivity index (χ3v) is 7.89. The number of carbonyl (C=O) groups excluding carboxylic acids is 5. The highest BCUT2D eigenvalue weighted by Crippen LogP contribution is 2.35. The first-order chi connectivity index (χ1) is 27.6. The first-order valence-electron chi connectivity index (χ1n) is 17.8. The molecule has 3 aromatic carbocycles. The predicted molar refractivity (Wildman–Crippen MR) is 212 cm³/mol. The Balaban J connectivity index is 1.75. The van der Waals surface area contributed by atoms with Crippen LogP contribution >= 0.6 is 0 Å². The molecule has 0 aliphatic rings. The van der Waals surface area contributed by atoms with Gasteiger partial charge in [-0.1, -0.05) is 69.3 Å². The molecule has 0 unspecified atom stereocenters. The Labute approximate surface area is 332 Å². The number of carbonyl (C=O) groups is 5. The Morgan fingerprint density at radius 2 is 0.667 bits per heavy atom. The zero-order chi connectivity index (χ0) is 41.4. The summed E-state index contributed by atoms with van der Waals surface area (Å²) in [6, 6.07) is 23.1. The molecule has 300 valence electrons. The van der Waals surface area contributed by atoms with E-state index in [1.54, 1.807) is 0 Å². The van der Waals surface area contributed by atoms with Crippen molar-refractivity contribution in [2.45, 2.75) is 19.8 Å². The second kappa shape index (κ2) is 24.8. The average molecular weight is 782 g/mol. The highest BCUT2D eigenvalue weighted by Gasteiger charge is 2.17. The van der Waals surface area contributed by atoms with Crippen molar-refractivity contribution in [1.29, 1.82) is 0 Å². The summed E-state index contributed by atoms with van der Waals surface area (Å²) >= 11 is 0. The average Bonchev–Trinajstić information content (AvgIpc) is 3.25. The van der Waals surface area contributed by atoms with Crippen LogP contribution in [0.1, 0.15) is 16.7 Å². The monoisotopic (exact) mass is 781 g/mol. The summed E-state index contributed by atoms with van der Waals surface area (Å²) in [4.78, 5) is 60.0. The molecule has 0 bridgehead atoms. The van der Waals surface area contributed by atoms with E-state index in [4.69, 9.17) is 33.2 Å². The second-order valence-electron chi connectivity index (χ2n) is 12.2. The van der Waals surface area contributed by atoms with E-state index < -0.39 is 41.7 Å². The highest BCUT2D eigenvalue weighted by molar-refractivity contribution is 5.83. The summed E-state index contributed by atoms with van der Waals surface area (Å²) in [6.45, 7) is 17.8. The van der Waals surface area contributed by atoms with Gasteiger partial charge in [0.25, 0.3) is 0 Å². The Bertz CT molecular complexity index is 1680. The van der Waals surface area contributed by atoms with E-state index in [9.17, 15) is 24.0 Å². The predicted octanol–water partition coefficient (Wildman–Crippen LogP) is 6.57. The molecule has 0 N–H and O–H groups in total. The van der Waals surface area contributed by atoms with Crippen molar-refractivity contribution in [3.63, 3.8) is 0 Å². The third kappa shape index (κ3) is 16.4. The van der Waals surface area contributed by atoms with Gasteiger partial charge in [0.15, 0.2) is 0 Å². The van der Waals surface area contributed by atoms with Crippen LogP contribution in [0.3, 0.4) is 0 Å². The molecular weight excluding hydrogens is 734 g/mol.